The number of fused-ring (bicyclic) bond motifs is 1. The lowest BCUT2D eigenvalue weighted by atomic mass is 10.0. The summed E-state index contributed by atoms with van der Waals surface area (Å²) >= 11 is 0. The minimum atomic E-state index is -0.692. The van der Waals surface area contributed by atoms with E-state index in [9.17, 15) is 9.90 Å². The van der Waals surface area contributed by atoms with E-state index in [2.05, 4.69) is 5.32 Å². The van der Waals surface area contributed by atoms with Crippen molar-refractivity contribution in [2.24, 2.45) is 0 Å². The predicted octanol–water partition coefficient (Wildman–Crippen LogP) is 3.14. The normalized spacial score (nSPS) is 14.3. The number of benzene rings is 1. The van der Waals surface area contributed by atoms with Gasteiger partial charge in [-0.1, -0.05) is 13.3 Å². The maximum absolute atomic E-state index is 12.2. The second kappa shape index (κ2) is 6.75. The van der Waals surface area contributed by atoms with E-state index in [1.54, 1.807) is 24.3 Å². The molecule has 6 heteroatoms. The van der Waals surface area contributed by atoms with E-state index in [1.807, 2.05) is 6.92 Å². The van der Waals surface area contributed by atoms with E-state index >= 15 is 0 Å². The van der Waals surface area contributed by atoms with Gasteiger partial charge < -0.3 is 24.3 Å². The van der Waals surface area contributed by atoms with Crippen molar-refractivity contribution in [3.05, 3.63) is 41.9 Å². The Morgan fingerprint density at radius 2 is 2.04 bits per heavy atom. The molecule has 0 spiro atoms. The summed E-state index contributed by atoms with van der Waals surface area (Å²) in [6.07, 6.45) is 2.15. The molecular weight excluding hydrogens is 298 g/mol. The summed E-state index contributed by atoms with van der Waals surface area (Å²) in [5, 5.41) is 13.1. The number of aliphatic hydroxyl groups is 1. The third-order valence-corrected chi connectivity index (χ3v) is 3.63. The van der Waals surface area contributed by atoms with E-state index in [1.165, 1.54) is 6.26 Å². The van der Waals surface area contributed by atoms with Crippen molar-refractivity contribution >= 4 is 11.6 Å². The lowest BCUT2D eigenvalue weighted by Crippen LogP contribution is -2.18. The largest absolute Gasteiger partial charge is 0.486 e. The van der Waals surface area contributed by atoms with Crippen molar-refractivity contribution in [2.75, 3.05) is 18.5 Å². The van der Waals surface area contributed by atoms with Crippen molar-refractivity contribution in [1.29, 1.82) is 0 Å². The van der Waals surface area contributed by atoms with Gasteiger partial charge in [-0.25, -0.2) is 0 Å². The van der Waals surface area contributed by atoms with Crippen LogP contribution in [0.5, 0.6) is 11.5 Å². The Labute approximate surface area is 134 Å². The quantitative estimate of drug-likeness (QED) is 0.885. The molecule has 1 unspecified atom stereocenters. The number of carbonyl (C=O) groups excluding carboxylic acids is 1. The van der Waals surface area contributed by atoms with Gasteiger partial charge in [0.15, 0.2) is 17.3 Å². The number of hydrogen-bond acceptors (Lipinski definition) is 5. The lowest BCUT2D eigenvalue weighted by molar-refractivity contribution is 0.0996. The summed E-state index contributed by atoms with van der Waals surface area (Å²) in [5.74, 6) is 0.961. The van der Waals surface area contributed by atoms with Gasteiger partial charge in [0.05, 0.1) is 18.1 Å². The van der Waals surface area contributed by atoms with Crippen LogP contribution in [-0.2, 0) is 0 Å². The van der Waals surface area contributed by atoms with Crippen LogP contribution >= 0.6 is 0 Å². The number of amides is 1. The van der Waals surface area contributed by atoms with Crippen LogP contribution in [-0.4, -0.2) is 24.2 Å². The van der Waals surface area contributed by atoms with Crippen LogP contribution in [0.15, 0.2) is 34.9 Å². The third-order valence-electron chi connectivity index (χ3n) is 3.63. The molecule has 0 fully saturated rings. The Kier molecular flexibility index (Phi) is 4.52. The monoisotopic (exact) mass is 317 g/mol. The molecule has 122 valence electrons. The van der Waals surface area contributed by atoms with Crippen LogP contribution in [0.1, 0.15) is 42.0 Å². The Morgan fingerprint density at radius 3 is 2.70 bits per heavy atom. The average molecular weight is 317 g/mol. The summed E-state index contributed by atoms with van der Waals surface area (Å²) in [7, 11) is 0. The number of furan rings is 1. The van der Waals surface area contributed by atoms with Gasteiger partial charge in [0.25, 0.3) is 5.91 Å². The maximum atomic E-state index is 12.2. The highest BCUT2D eigenvalue weighted by molar-refractivity contribution is 6.02. The molecule has 1 atom stereocenters. The first-order chi connectivity index (χ1) is 11.2. The van der Waals surface area contributed by atoms with E-state index in [-0.39, 0.29) is 11.7 Å². The highest BCUT2D eigenvalue weighted by Crippen LogP contribution is 2.39. The van der Waals surface area contributed by atoms with Crippen molar-refractivity contribution in [2.45, 2.75) is 25.9 Å². The zero-order chi connectivity index (χ0) is 16.2. The molecule has 2 heterocycles. The first-order valence-corrected chi connectivity index (χ1v) is 7.65. The molecule has 1 aliphatic rings. The molecule has 0 saturated heterocycles. The van der Waals surface area contributed by atoms with Crippen molar-refractivity contribution in [3.8, 4) is 11.5 Å². The highest BCUT2D eigenvalue weighted by Gasteiger charge is 2.21. The summed E-state index contributed by atoms with van der Waals surface area (Å²) < 4.78 is 16.2. The fraction of sp³-hybridized carbons (Fsp3) is 0.353. The third kappa shape index (κ3) is 3.32. The summed E-state index contributed by atoms with van der Waals surface area (Å²) in [6.45, 7) is 2.91. The minimum absolute atomic E-state index is 0.204. The molecule has 0 saturated carbocycles. The van der Waals surface area contributed by atoms with Crippen LogP contribution in [0.2, 0.25) is 0 Å². The molecule has 1 aromatic carbocycles. The number of carbonyl (C=O) groups is 1. The second-order valence-corrected chi connectivity index (χ2v) is 5.32. The molecule has 0 bridgehead atoms. The Morgan fingerprint density at radius 1 is 1.30 bits per heavy atom. The SMILES string of the molecule is CCCC(O)c1cc2c(cc1NC(=O)c1ccco1)OCCO2. The fourth-order valence-corrected chi connectivity index (χ4v) is 2.51. The summed E-state index contributed by atoms with van der Waals surface area (Å²) in [5.41, 5.74) is 1.10. The fourth-order valence-electron chi connectivity index (χ4n) is 2.51. The Balaban J connectivity index is 1.94. The molecule has 2 aromatic rings. The topological polar surface area (TPSA) is 80.9 Å². The molecule has 3 rings (SSSR count). The number of aliphatic hydroxyl groups excluding tert-OH is 1. The lowest BCUT2D eigenvalue weighted by Gasteiger charge is -2.23. The van der Waals surface area contributed by atoms with Gasteiger partial charge in [-0.15, -0.1) is 0 Å². The van der Waals surface area contributed by atoms with Gasteiger partial charge >= 0.3 is 0 Å². The van der Waals surface area contributed by atoms with Crippen LogP contribution in [0.3, 0.4) is 0 Å². The molecule has 1 amide bonds. The minimum Gasteiger partial charge on any atom is -0.486 e. The average Bonchev–Trinajstić information content (AvgIpc) is 3.09. The first kappa shape index (κ1) is 15.4. The van der Waals surface area contributed by atoms with Gasteiger partial charge in [-0.2, -0.15) is 0 Å². The first-order valence-electron chi connectivity index (χ1n) is 7.65. The van der Waals surface area contributed by atoms with E-state index in [0.717, 1.165) is 6.42 Å². The van der Waals surface area contributed by atoms with Gasteiger partial charge in [-0.05, 0) is 24.6 Å². The number of ether oxygens (including phenoxy) is 2. The molecule has 6 nitrogen and oxygen atoms in total. The molecule has 0 radical (unpaired) electrons. The number of nitrogens with one attached hydrogen (secondary N) is 1. The van der Waals surface area contributed by atoms with Crippen molar-refractivity contribution in [1.82, 2.24) is 0 Å². The summed E-state index contributed by atoms with van der Waals surface area (Å²) in [4.78, 5) is 12.2. The van der Waals surface area contributed by atoms with Gasteiger partial charge in [0.1, 0.15) is 13.2 Å². The zero-order valence-corrected chi connectivity index (χ0v) is 12.9. The predicted molar refractivity (Wildman–Crippen MR) is 84.0 cm³/mol. The number of anilines is 1. The molecular formula is C17H19NO5. The van der Waals surface area contributed by atoms with E-state index < -0.39 is 6.10 Å². The molecule has 23 heavy (non-hydrogen) atoms. The Hall–Kier alpha value is -2.47. The summed E-state index contributed by atoms with van der Waals surface area (Å²) in [6, 6.07) is 6.64. The molecule has 1 aliphatic heterocycles. The second-order valence-electron chi connectivity index (χ2n) is 5.32. The van der Waals surface area contributed by atoms with Crippen LogP contribution in [0, 0.1) is 0 Å². The van der Waals surface area contributed by atoms with Crippen molar-refractivity contribution in [3.63, 3.8) is 0 Å². The Bertz CT molecular complexity index is 681. The number of hydrogen-bond donors (Lipinski definition) is 2. The highest BCUT2D eigenvalue weighted by atomic mass is 16.6. The van der Waals surface area contributed by atoms with Crippen LogP contribution in [0.25, 0.3) is 0 Å². The van der Waals surface area contributed by atoms with Gasteiger partial charge in [-0.3, -0.25) is 4.79 Å². The molecule has 1 aromatic heterocycles. The number of rotatable bonds is 5. The smallest absolute Gasteiger partial charge is 0.291 e. The maximum Gasteiger partial charge on any atom is 0.291 e. The van der Waals surface area contributed by atoms with E-state index in [0.29, 0.717) is 42.4 Å². The zero-order valence-electron chi connectivity index (χ0n) is 12.9. The molecule has 2 N–H and O–H groups in total. The van der Waals surface area contributed by atoms with E-state index in [4.69, 9.17) is 13.9 Å². The van der Waals surface area contributed by atoms with Gasteiger partial charge in [0.2, 0.25) is 0 Å². The van der Waals surface area contributed by atoms with Crippen LogP contribution < -0.4 is 14.8 Å². The molecule has 0 aliphatic carbocycles. The standard InChI is InChI=1S/C17H19NO5/c1-2-4-13(19)11-9-15-16(23-8-7-22-15)10-12(11)18-17(20)14-5-3-6-21-14/h3,5-6,9-10,13,19H,2,4,7-8H2,1H3,(H,18,20). The van der Waals surface area contributed by atoms with Crippen LogP contribution in [0.4, 0.5) is 5.69 Å². The van der Waals surface area contributed by atoms with Crippen molar-refractivity contribution < 1.29 is 23.8 Å². The van der Waals surface area contributed by atoms with Gasteiger partial charge in [0, 0.05) is 11.6 Å².